The molecule has 0 bridgehead atoms. The van der Waals surface area contributed by atoms with Crippen molar-refractivity contribution >= 4 is 0 Å². The lowest BCUT2D eigenvalue weighted by Crippen LogP contribution is -2.01. The first kappa shape index (κ1) is 11.0. The topological polar surface area (TPSA) is 9.23 Å². The highest BCUT2D eigenvalue weighted by molar-refractivity contribution is 4.74. The second-order valence-electron chi connectivity index (χ2n) is 3.32. The largest absolute Gasteiger partial charge is 0.381 e. The van der Waals surface area contributed by atoms with Crippen LogP contribution >= 0.6 is 0 Å². The van der Waals surface area contributed by atoms with Gasteiger partial charge in [-0.1, -0.05) is 40.0 Å². The normalized spacial score (nSPS) is 10.9. The lowest BCUT2D eigenvalue weighted by molar-refractivity contribution is 0.140. The highest BCUT2D eigenvalue weighted by Gasteiger charge is 1.93. The molecule has 1 heteroatoms. The van der Waals surface area contributed by atoms with Crippen molar-refractivity contribution in [3.8, 4) is 0 Å². The minimum absolute atomic E-state index is 0.839. The minimum atomic E-state index is 0.839. The van der Waals surface area contributed by atoms with Crippen molar-refractivity contribution in [2.24, 2.45) is 0 Å². The Labute approximate surface area is 71.1 Å². The van der Waals surface area contributed by atoms with Gasteiger partial charge in [-0.2, -0.15) is 0 Å². The molecule has 0 aliphatic carbocycles. The van der Waals surface area contributed by atoms with E-state index in [1.165, 1.54) is 31.6 Å². The molecule has 0 unspecified atom stereocenters. The van der Waals surface area contributed by atoms with Crippen LogP contribution in [0.4, 0.5) is 0 Å². The predicted octanol–water partition coefficient (Wildman–Crippen LogP) is 3.20. The molecule has 67 valence electrons. The summed E-state index contributed by atoms with van der Waals surface area (Å²) in [7, 11) is 0. The van der Waals surface area contributed by atoms with E-state index in [0.29, 0.717) is 0 Å². The van der Waals surface area contributed by atoms with Crippen LogP contribution in [-0.2, 0) is 4.74 Å². The molecular formula is C10H21O. The summed E-state index contributed by atoms with van der Waals surface area (Å²) in [6, 6.07) is 0. The third-order valence-corrected chi connectivity index (χ3v) is 1.53. The van der Waals surface area contributed by atoms with Gasteiger partial charge in [0.2, 0.25) is 0 Å². The number of rotatable bonds is 7. The third-order valence-electron chi connectivity index (χ3n) is 1.53. The molecule has 0 heterocycles. The van der Waals surface area contributed by atoms with Crippen LogP contribution < -0.4 is 0 Å². The number of unbranched alkanes of at least 4 members (excludes halogenated alkanes) is 3. The Bertz CT molecular complexity index is 69.3. The monoisotopic (exact) mass is 157 g/mol. The molecule has 1 radical (unpaired) electrons. The molecule has 0 aliphatic heterocycles. The Balaban J connectivity index is 2.80. The summed E-state index contributed by atoms with van der Waals surface area (Å²) in [5.41, 5.74) is 0. The third kappa shape index (κ3) is 9.96. The molecule has 0 rings (SSSR count). The fourth-order valence-electron chi connectivity index (χ4n) is 0.907. The van der Waals surface area contributed by atoms with Crippen molar-refractivity contribution in [2.45, 2.75) is 46.5 Å². The van der Waals surface area contributed by atoms with E-state index in [1.54, 1.807) is 0 Å². The van der Waals surface area contributed by atoms with E-state index in [1.807, 2.05) is 0 Å². The lowest BCUT2D eigenvalue weighted by atomic mass is 10.2. The van der Waals surface area contributed by atoms with Gasteiger partial charge in [-0.15, -0.1) is 0 Å². The average molecular weight is 157 g/mol. The van der Waals surface area contributed by atoms with Gasteiger partial charge in [0.1, 0.15) is 0 Å². The summed E-state index contributed by atoms with van der Waals surface area (Å²) < 4.78 is 5.40. The summed E-state index contributed by atoms with van der Waals surface area (Å²) in [4.78, 5) is 0. The first-order valence-electron chi connectivity index (χ1n) is 4.64. The summed E-state index contributed by atoms with van der Waals surface area (Å²) in [5, 5.41) is 0. The first-order chi connectivity index (χ1) is 5.27. The molecule has 0 saturated heterocycles. The maximum absolute atomic E-state index is 5.40. The van der Waals surface area contributed by atoms with E-state index in [4.69, 9.17) is 4.74 Å². The van der Waals surface area contributed by atoms with E-state index in [9.17, 15) is 0 Å². The predicted molar refractivity (Wildman–Crippen MR) is 49.6 cm³/mol. The Hall–Kier alpha value is -0.0400. The number of ether oxygens (including phenoxy) is 1. The highest BCUT2D eigenvalue weighted by atomic mass is 16.5. The van der Waals surface area contributed by atoms with Crippen molar-refractivity contribution in [2.75, 3.05) is 13.2 Å². The standard InChI is InChI=1S/C10H21O/c1-4-5-6-7-8-11-9-10(2)3/h4-9H2,1-3H3. The zero-order valence-corrected chi connectivity index (χ0v) is 8.15. The van der Waals surface area contributed by atoms with E-state index >= 15 is 0 Å². The van der Waals surface area contributed by atoms with Gasteiger partial charge in [-0.3, -0.25) is 0 Å². The Morgan fingerprint density at radius 2 is 1.82 bits per heavy atom. The Morgan fingerprint density at radius 3 is 2.36 bits per heavy atom. The Morgan fingerprint density at radius 1 is 1.09 bits per heavy atom. The van der Waals surface area contributed by atoms with Gasteiger partial charge in [0, 0.05) is 6.61 Å². The van der Waals surface area contributed by atoms with Crippen LogP contribution in [0.5, 0.6) is 0 Å². The molecule has 0 fully saturated rings. The molecule has 0 aromatic carbocycles. The molecule has 1 nitrogen and oxygen atoms in total. The van der Waals surface area contributed by atoms with Crippen molar-refractivity contribution in [3.05, 3.63) is 5.92 Å². The maximum Gasteiger partial charge on any atom is 0.0523 e. The van der Waals surface area contributed by atoms with E-state index < -0.39 is 0 Å². The van der Waals surface area contributed by atoms with E-state index in [0.717, 1.165) is 13.2 Å². The lowest BCUT2D eigenvalue weighted by Gasteiger charge is -2.05. The smallest absolute Gasteiger partial charge is 0.0523 e. The molecule has 0 aromatic heterocycles. The molecular weight excluding hydrogens is 136 g/mol. The van der Waals surface area contributed by atoms with Crippen LogP contribution in [-0.4, -0.2) is 13.2 Å². The van der Waals surface area contributed by atoms with Gasteiger partial charge >= 0.3 is 0 Å². The number of hydrogen-bond donors (Lipinski definition) is 0. The summed E-state index contributed by atoms with van der Waals surface area (Å²) in [5.74, 6) is 1.36. The van der Waals surface area contributed by atoms with Crippen LogP contribution in [0.15, 0.2) is 0 Å². The first-order valence-corrected chi connectivity index (χ1v) is 4.64. The van der Waals surface area contributed by atoms with Gasteiger partial charge in [-0.25, -0.2) is 0 Å². The number of hydrogen-bond acceptors (Lipinski definition) is 1. The van der Waals surface area contributed by atoms with Gasteiger partial charge in [-0.05, 0) is 12.3 Å². The molecule has 0 atom stereocenters. The Kier molecular flexibility index (Phi) is 8.03. The maximum atomic E-state index is 5.40. The zero-order chi connectivity index (χ0) is 8.53. The SMILES string of the molecule is CCCCCCOC[C](C)C. The van der Waals surface area contributed by atoms with E-state index in [-0.39, 0.29) is 0 Å². The molecule has 0 amide bonds. The zero-order valence-electron chi connectivity index (χ0n) is 8.15. The summed E-state index contributed by atoms with van der Waals surface area (Å²) in [6.07, 6.45) is 5.19. The van der Waals surface area contributed by atoms with Gasteiger partial charge in [0.25, 0.3) is 0 Å². The summed E-state index contributed by atoms with van der Waals surface area (Å²) in [6.45, 7) is 8.21. The average Bonchev–Trinajstić information content (AvgIpc) is 1.96. The quantitative estimate of drug-likeness (QED) is 0.516. The van der Waals surface area contributed by atoms with Gasteiger partial charge in [0.15, 0.2) is 0 Å². The second kappa shape index (κ2) is 8.06. The van der Waals surface area contributed by atoms with Crippen molar-refractivity contribution in [3.63, 3.8) is 0 Å². The van der Waals surface area contributed by atoms with Gasteiger partial charge < -0.3 is 4.74 Å². The van der Waals surface area contributed by atoms with Gasteiger partial charge in [0.05, 0.1) is 6.61 Å². The molecule has 0 saturated carbocycles. The fourth-order valence-corrected chi connectivity index (χ4v) is 0.907. The van der Waals surface area contributed by atoms with Crippen LogP contribution in [0, 0.1) is 5.92 Å². The van der Waals surface area contributed by atoms with Crippen molar-refractivity contribution in [1.82, 2.24) is 0 Å². The van der Waals surface area contributed by atoms with Crippen LogP contribution in [0.1, 0.15) is 46.5 Å². The fraction of sp³-hybridized carbons (Fsp3) is 0.900. The van der Waals surface area contributed by atoms with Crippen LogP contribution in [0.3, 0.4) is 0 Å². The molecule has 0 aromatic rings. The molecule has 0 spiro atoms. The van der Waals surface area contributed by atoms with E-state index in [2.05, 4.69) is 20.8 Å². The van der Waals surface area contributed by atoms with Crippen LogP contribution in [0.2, 0.25) is 0 Å². The molecule has 11 heavy (non-hydrogen) atoms. The van der Waals surface area contributed by atoms with Crippen LogP contribution in [0.25, 0.3) is 0 Å². The summed E-state index contributed by atoms with van der Waals surface area (Å²) >= 11 is 0. The second-order valence-corrected chi connectivity index (χ2v) is 3.32. The highest BCUT2D eigenvalue weighted by Crippen LogP contribution is 2.00. The van der Waals surface area contributed by atoms with Crippen molar-refractivity contribution in [1.29, 1.82) is 0 Å². The molecule has 0 N–H and O–H groups in total. The van der Waals surface area contributed by atoms with Crippen molar-refractivity contribution < 1.29 is 4.74 Å². The minimum Gasteiger partial charge on any atom is -0.381 e. The molecule has 0 aliphatic rings.